The topological polar surface area (TPSA) is 64.4 Å². The molecule has 4 nitrogen and oxygen atoms in total. The van der Waals surface area contributed by atoms with E-state index in [4.69, 9.17) is 10.5 Å². The highest BCUT2D eigenvalue weighted by Crippen LogP contribution is 2.36. The van der Waals surface area contributed by atoms with E-state index in [2.05, 4.69) is 5.32 Å². The zero-order chi connectivity index (χ0) is 12.8. The van der Waals surface area contributed by atoms with Gasteiger partial charge in [0.1, 0.15) is 0 Å². The number of hydrogen-bond donors (Lipinski definition) is 2. The van der Waals surface area contributed by atoms with Crippen molar-refractivity contribution >= 4 is 5.91 Å². The van der Waals surface area contributed by atoms with Gasteiger partial charge in [0.05, 0.1) is 24.2 Å². The molecule has 0 aromatic heterocycles. The van der Waals surface area contributed by atoms with E-state index >= 15 is 0 Å². The van der Waals surface area contributed by atoms with Crippen LogP contribution >= 0.6 is 0 Å². The summed E-state index contributed by atoms with van der Waals surface area (Å²) in [7, 11) is 0. The van der Waals surface area contributed by atoms with E-state index < -0.39 is 0 Å². The Morgan fingerprint density at radius 3 is 2.78 bits per heavy atom. The van der Waals surface area contributed by atoms with Crippen LogP contribution in [0.5, 0.6) is 0 Å². The molecule has 18 heavy (non-hydrogen) atoms. The summed E-state index contributed by atoms with van der Waals surface area (Å²) in [5.41, 5.74) is 5.95. The Morgan fingerprint density at radius 2 is 2.17 bits per heavy atom. The van der Waals surface area contributed by atoms with E-state index in [0.29, 0.717) is 6.10 Å². The third-order valence-electron chi connectivity index (χ3n) is 5.00. The highest BCUT2D eigenvalue weighted by molar-refractivity contribution is 5.80. The SMILES string of the molecule is CC1(N)CCCCC1C(=O)NC1CC2CCC1O2. The molecule has 3 fully saturated rings. The number of rotatable bonds is 2. The smallest absolute Gasteiger partial charge is 0.225 e. The van der Waals surface area contributed by atoms with Crippen LogP contribution in [-0.4, -0.2) is 29.7 Å². The average Bonchev–Trinajstić information content (AvgIpc) is 2.90. The molecule has 3 aliphatic rings. The molecule has 1 saturated carbocycles. The summed E-state index contributed by atoms with van der Waals surface area (Å²) in [6.45, 7) is 2.02. The molecule has 4 heteroatoms. The van der Waals surface area contributed by atoms with Gasteiger partial charge in [0.2, 0.25) is 5.91 Å². The summed E-state index contributed by atoms with van der Waals surface area (Å²) in [4.78, 5) is 12.4. The second-order valence-electron chi connectivity index (χ2n) is 6.53. The van der Waals surface area contributed by atoms with E-state index in [1.807, 2.05) is 6.92 Å². The number of hydrogen-bond acceptors (Lipinski definition) is 3. The van der Waals surface area contributed by atoms with E-state index in [9.17, 15) is 4.79 Å². The Labute approximate surface area is 109 Å². The van der Waals surface area contributed by atoms with E-state index in [1.54, 1.807) is 0 Å². The van der Waals surface area contributed by atoms with Crippen molar-refractivity contribution < 1.29 is 9.53 Å². The summed E-state index contributed by atoms with van der Waals surface area (Å²) < 4.78 is 5.78. The molecule has 3 rings (SSSR count). The zero-order valence-electron chi connectivity index (χ0n) is 11.2. The molecule has 2 saturated heterocycles. The molecule has 2 aliphatic heterocycles. The maximum absolute atomic E-state index is 12.4. The molecular weight excluding hydrogens is 228 g/mol. The van der Waals surface area contributed by atoms with Gasteiger partial charge in [-0.25, -0.2) is 0 Å². The van der Waals surface area contributed by atoms with Gasteiger partial charge >= 0.3 is 0 Å². The second-order valence-corrected chi connectivity index (χ2v) is 6.53. The van der Waals surface area contributed by atoms with Gasteiger partial charge in [0, 0.05) is 5.54 Å². The maximum Gasteiger partial charge on any atom is 0.225 e. The Morgan fingerprint density at radius 1 is 1.33 bits per heavy atom. The van der Waals surface area contributed by atoms with Crippen LogP contribution in [0, 0.1) is 5.92 Å². The van der Waals surface area contributed by atoms with Crippen molar-refractivity contribution in [2.45, 2.75) is 75.7 Å². The van der Waals surface area contributed by atoms with Crippen molar-refractivity contribution in [1.82, 2.24) is 5.32 Å². The first-order valence-electron chi connectivity index (χ1n) is 7.31. The van der Waals surface area contributed by atoms with E-state index in [1.165, 1.54) is 0 Å². The molecule has 0 spiro atoms. The fourth-order valence-electron chi connectivity index (χ4n) is 3.86. The minimum Gasteiger partial charge on any atom is -0.373 e. The molecule has 0 radical (unpaired) electrons. The van der Waals surface area contributed by atoms with E-state index in [-0.39, 0.29) is 29.5 Å². The molecular formula is C14H24N2O2. The molecule has 3 N–H and O–H groups in total. The van der Waals surface area contributed by atoms with Crippen molar-refractivity contribution in [3.05, 3.63) is 0 Å². The van der Waals surface area contributed by atoms with Crippen molar-refractivity contribution in [3.8, 4) is 0 Å². The molecule has 0 aromatic rings. The Balaban J connectivity index is 1.61. The van der Waals surface area contributed by atoms with Crippen molar-refractivity contribution in [3.63, 3.8) is 0 Å². The van der Waals surface area contributed by atoms with Gasteiger partial charge in [0.25, 0.3) is 0 Å². The lowest BCUT2D eigenvalue weighted by atomic mass is 9.74. The number of fused-ring (bicyclic) bond motifs is 2. The van der Waals surface area contributed by atoms with Crippen molar-refractivity contribution in [1.29, 1.82) is 0 Å². The van der Waals surface area contributed by atoms with Crippen LogP contribution in [0.4, 0.5) is 0 Å². The van der Waals surface area contributed by atoms with Crippen LogP contribution in [0.15, 0.2) is 0 Å². The highest BCUT2D eigenvalue weighted by atomic mass is 16.5. The monoisotopic (exact) mass is 252 g/mol. The molecule has 0 aromatic carbocycles. The van der Waals surface area contributed by atoms with Crippen LogP contribution in [0.3, 0.4) is 0 Å². The minimum atomic E-state index is -0.333. The van der Waals surface area contributed by atoms with Gasteiger partial charge < -0.3 is 15.8 Å². The molecule has 5 unspecified atom stereocenters. The number of carbonyl (C=O) groups excluding carboxylic acids is 1. The lowest BCUT2D eigenvalue weighted by Crippen LogP contribution is -2.55. The van der Waals surface area contributed by atoms with Gasteiger partial charge in [-0.3, -0.25) is 4.79 Å². The number of carbonyl (C=O) groups is 1. The summed E-state index contributed by atoms with van der Waals surface area (Å²) in [6, 6.07) is 0.231. The van der Waals surface area contributed by atoms with Crippen molar-refractivity contribution in [2.24, 2.45) is 11.7 Å². The fourth-order valence-corrected chi connectivity index (χ4v) is 3.86. The third kappa shape index (κ3) is 2.16. The van der Waals surface area contributed by atoms with Crippen LogP contribution in [0.2, 0.25) is 0 Å². The Bertz CT molecular complexity index is 343. The Hall–Kier alpha value is -0.610. The van der Waals surface area contributed by atoms with E-state index in [0.717, 1.165) is 44.9 Å². The van der Waals surface area contributed by atoms with Crippen LogP contribution in [0.25, 0.3) is 0 Å². The fraction of sp³-hybridized carbons (Fsp3) is 0.929. The largest absolute Gasteiger partial charge is 0.373 e. The van der Waals surface area contributed by atoms with Crippen LogP contribution < -0.4 is 11.1 Å². The first-order chi connectivity index (χ1) is 8.56. The van der Waals surface area contributed by atoms with Gasteiger partial charge in [-0.2, -0.15) is 0 Å². The summed E-state index contributed by atoms with van der Waals surface area (Å²) in [5, 5.41) is 3.19. The van der Waals surface area contributed by atoms with Crippen LogP contribution in [0.1, 0.15) is 51.9 Å². The van der Waals surface area contributed by atoms with Crippen molar-refractivity contribution in [2.75, 3.05) is 0 Å². The normalized spacial score (nSPS) is 47.2. The maximum atomic E-state index is 12.4. The Kier molecular flexibility index (Phi) is 3.10. The predicted octanol–water partition coefficient (Wildman–Crippen LogP) is 1.33. The summed E-state index contributed by atoms with van der Waals surface area (Å²) in [6.07, 6.45) is 8.05. The molecule has 5 atom stereocenters. The summed E-state index contributed by atoms with van der Waals surface area (Å²) >= 11 is 0. The zero-order valence-corrected chi connectivity index (χ0v) is 11.2. The van der Waals surface area contributed by atoms with Gasteiger partial charge in [-0.1, -0.05) is 12.8 Å². The standard InChI is InChI=1S/C14H24N2O2/c1-14(15)7-3-2-4-10(14)13(17)16-11-8-9-5-6-12(11)18-9/h9-12H,2-8,15H2,1H3,(H,16,17). The lowest BCUT2D eigenvalue weighted by molar-refractivity contribution is -0.129. The van der Waals surface area contributed by atoms with Gasteiger partial charge in [0.15, 0.2) is 0 Å². The minimum absolute atomic E-state index is 0.0228. The first kappa shape index (κ1) is 12.4. The third-order valence-corrected chi connectivity index (χ3v) is 5.00. The quantitative estimate of drug-likeness (QED) is 0.779. The lowest BCUT2D eigenvalue weighted by Gasteiger charge is -2.38. The highest BCUT2D eigenvalue weighted by Gasteiger charge is 2.44. The first-order valence-corrected chi connectivity index (χ1v) is 7.31. The molecule has 102 valence electrons. The molecule has 2 heterocycles. The number of nitrogens with two attached hydrogens (primary N) is 1. The average molecular weight is 252 g/mol. The number of amides is 1. The van der Waals surface area contributed by atoms with Crippen LogP contribution in [-0.2, 0) is 9.53 Å². The van der Waals surface area contributed by atoms with Gasteiger partial charge in [-0.05, 0) is 39.0 Å². The molecule has 1 amide bonds. The predicted molar refractivity (Wildman–Crippen MR) is 69.0 cm³/mol. The molecule has 2 bridgehead atoms. The number of nitrogens with one attached hydrogen (secondary N) is 1. The summed E-state index contributed by atoms with van der Waals surface area (Å²) in [5.74, 6) is 0.131. The second kappa shape index (κ2) is 4.49. The molecule has 1 aliphatic carbocycles. The number of ether oxygens (including phenoxy) is 1. The van der Waals surface area contributed by atoms with Gasteiger partial charge in [-0.15, -0.1) is 0 Å².